The summed E-state index contributed by atoms with van der Waals surface area (Å²) >= 11 is 0. The topological polar surface area (TPSA) is 38.5 Å². The molecule has 0 spiro atoms. The smallest absolute Gasteiger partial charge is 0.120 e. The fraction of sp³-hybridized carbons (Fsp3) is 0.571. The first-order valence-corrected chi connectivity index (χ1v) is 6.47. The number of ether oxygens (including phenoxy) is 1. The van der Waals surface area contributed by atoms with Crippen molar-refractivity contribution in [3.05, 3.63) is 23.8 Å². The molecule has 0 radical (unpaired) electrons. The third-order valence-electron chi connectivity index (χ3n) is 4.11. The predicted octanol–water partition coefficient (Wildman–Crippen LogP) is 1.94. The monoisotopic (exact) mass is 232 g/mol. The number of nitrogens with zero attached hydrogens (tertiary/aromatic N) is 1. The molecule has 0 aliphatic carbocycles. The molecule has 0 amide bonds. The molecule has 2 aliphatic rings. The lowest BCUT2D eigenvalue weighted by Gasteiger charge is -2.44. The highest BCUT2D eigenvalue weighted by molar-refractivity contribution is 5.60. The Kier molecular flexibility index (Phi) is 2.71. The molecule has 2 atom stereocenters. The van der Waals surface area contributed by atoms with Crippen molar-refractivity contribution in [2.24, 2.45) is 5.73 Å². The van der Waals surface area contributed by atoms with Crippen molar-refractivity contribution in [3.8, 4) is 5.75 Å². The highest BCUT2D eigenvalue weighted by Gasteiger charge is 2.31. The summed E-state index contributed by atoms with van der Waals surface area (Å²) in [5.74, 6) is 0.958. The van der Waals surface area contributed by atoms with Gasteiger partial charge in [0.15, 0.2) is 0 Å². The highest BCUT2D eigenvalue weighted by atomic mass is 16.5. The van der Waals surface area contributed by atoms with Crippen molar-refractivity contribution >= 4 is 5.69 Å². The van der Waals surface area contributed by atoms with E-state index in [4.69, 9.17) is 10.5 Å². The molecule has 1 fully saturated rings. The molecule has 3 nitrogen and oxygen atoms in total. The summed E-state index contributed by atoms with van der Waals surface area (Å²) in [5, 5.41) is 0. The summed E-state index contributed by atoms with van der Waals surface area (Å²) in [7, 11) is 1.73. The van der Waals surface area contributed by atoms with Crippen LogP contribution in [-0.4, -0.2) is 25.7 Å². The first-order valence-electron chi connectivity index (χ1n) is 6.47. The van der Waals surface area contributed by atoms with Crippen LogP contribution in [0.3, 0.4) is 0 Å². The molecule has 1 saturated heterocycles. The standard InChI is InChI=1S/C14H20N2O/c1-17-13-5-3-10-2-4-12-8-11(15)6-7-16(12)14(10)9-13/h3,5,9,11-12H,2,4,6-8,15H2,1H3. The Labute approximate surface area is 103 Å². The number of methoxy groups -OCH3 is 1. The van der Waals surface area contributed by atoms with E-state index in [1.807, 2.05) is 0 Å². The number of hydrogen-bond acceptors (Lipinski definition) is 3. The van der Waals surface area contributed by atoms with Crippen molar-refractivity contribution in [1.29, 1.82) is 0 Å². The molecule has 2 heterocycles. The number of hydrogen-bond donors (Lipinski definition) is 1. The Bertz CT molecular complexity index is 419. The van der Waals surface area contributed by atoms with Crippen LogP contribution in [0.5, 0.6) is 5.75 Å². The Hall–Kier alpha value is -1.22. The van der Waals surface area contributed by atoms with Crippen LogP contribution in [0.2, 0.25) is 0 Å². The van der Waals surface area contributed by atoms with E-state index in [0.717, 1.165) is 25.1 Å². The van der Waals surface area contributed by atoms with Gasteiger partial charge in [-0.05, 0) is 37.3 Å². The fourth-order valence-corrected chi connectivity index (χ4v) is 3.14. The van der Waals surface area contributed by atoms with Crippen LogP contribution in [-0.2, 0) is 6.42 Å². The minimum atomic E-state index is 0.392. The quantitative estimate of drug-likeness (QED) is 0.804. The van der Waals surface area contributed by atoms with E-state index in [-0.39, 0.29) is 0 Å². The van der Waals surface area contributed by atoms with Gasteiger partial charge >= 0.3 is 0 Å². The molecule has 0 aromatic heterocycles. The summed E-state index contributed by atoms with van der Waals surface area (Å²) in [6, 6.07) is 7.48. The predicted molar refractivity (Wildman–Crippen MR) is 69.7 cm³/mol. The molecule has 3 rings (SSSR count). The number of fused-ring (bicyclic) bond motifs is 3. The van der Waals surface area contributed by atoms with Gasteiger partial charge in [-0.25, -0.2) is 0 Å². The average molecular weight is 232 g/mol. The molecule has 0 saturated carbocycles. The van der Waals surface area contributed by atoms with Gasteiger partial charge < -0.3 is 15.4 Å². The number of aryl methyl sites for hydroxylation is 1. The van der Waals surface area contributed by atoms with E-state index in [0.29, 0.717) is 12.1 Å². The van der Waals surface area contributed by atoms with Gasteiger partial charge in [-0.2, -0.15) is 0 Å². The Morgan fingerprint density at radius 3 is 3.06 bits per heavy atom. The van der Waals surface area contributed by atoms with Crippen LogP contribution in [0.1, 0.15) is 24.8 Å². The normalized spacial score (nSPS) is 27.3. The van der Waals surface area contributed by atoms with Crippen LogP contribution >= 0.6 is 0 Å². The van der Waals surface area contributed by atoms with Crippen LogP contribution in [0.4, 0.5) is 5.69 Å². The molecule has 92 valence electrons. The number of nitrogens with two attached hydrogens (primary N) is 1. The molecule has 1 aromatic rings. The second kappa shape index (κ2) is 4.22. The van der Waals surface area contributed by atoms with E-state index in [9.17, 15) is 0 Å². The molecule has 2 unspecified atom stereocenters. The van der Waals surface area contributed by atoms with Crippen LogP contribution in [0.15, 0.2) is 18.2 Å². The maximum absolute atomic E-state index is 6.07. The lowest BCUT2D eigenvalue weighted by atomic mass is 9.87. The van der Waals surface area contributed by atoms with E-state index in [1.165, 1.54) is 24.1 Å². The molecule has 1 aromatic carbocycles. The largest absolute Gasteiger partial charge is 0.497 e. The van der Waals surface area contributed by atoms with Crippen molar-refractivity contribution in [2.75, 3.05) is 18.6 Å². The van der Waals surface area contributed by atoms with Crippen molar-refractivity contribution < 1.29 is 4.74 Å². The van der Waals surface area contributed by atoms with Crippen molar-refractivity contribution in [3.63, 3.8) is 0 Å². The Balaban J connectivity index is 1.94. The molecule has 0 bridgehead atoms. The number of piperidine rings is 1. The van der Waals surface area contributed by atoms with Crippen molar-refractivity contribution in [2.45, 2.75) is 37.8 Å². The van der Waals surface area contributed by atoms with Gasteiger partial charge in [-0.1, -0.05) is 6.07 Å². The van der Waals surface area contributed by atoms with Crippen LogP contribution in [0, 0.1) is 0 Å². The third-order valence-corrected chi connectivity index (χ3v) is 4.11. The van der Waals surface area contributed by atoms with Gasteiger partial charge in [0.05, 0.1) is 7.11 Å². The molecular weight excluding hydrogens is 212 g/mol. The van der Waals surface area contributed by atoms with E-state index >= 15 is 0 Å². The van der Waals surface area contributed by atoms with Gasteiger partial charge in [0.2, 0.25) is 0 Å². The first-order chi connectivity index (χ1) is 8.28. The van der Waals surface area contributed by atoms with Crippen LogP contribution in [0.25, 0.3) is 0 Å². The zero-order valence-corrected chi connectivity index (χ0v) is 10.4. The third kappa shape index (κ3) is 1.89. The number of anilines is 1. The Morgan fingerprint density at radius 2 is 2.24 bits per heavy atom. The maximum Gasteiger partial charge on any atom is 0.120 e. The van der Waals surface area contributed by atoms with Gasteiger partial charge in [0.25, 0.3) is 0 Å². The summed E-state index contributed by atoms with van der Waals surface area (Å²) in [5.41, 5.74) is 8.89. The second-order valence-corrected chi connectivity index (χ2v) is 5.16. The number of rotatable bonds is 1. The summed E-state index contributed by atoms with van der Waals surface area (Å²) < 4.78 is 5.33. The SMILES string of the molecule is COc1ccc2c(c1)N1CCC(N)CC1CC2. The zero-order chi connectivity index (χ0) is 11.8. The average Bonchev–Trinajstić information content (AvgIpc) is 2.37. The van der Waals surface area contributed by atoms with E-state index in [1.54, 1.807) is 7.11 Å². The van der Waals surface area contributed by atoms with Gasteiger partial charge in [-0.15, -0.1) is 0 Å². The Morgan fingerprint density at radius 1 is 1.35 bits per heavy atom. The molecule has 2 N–H and O–H groups in total. The summed E-state index contributed by atoms with van der Waals surface area (Å²) in [4.78, 5) is 2.53. The zero-order valence-electron chi connectivity index (χ0n) is 10.4. The molecule has 2 aliphatic heterocycles. The minimum Gasteiger partial charge on any atom is -0.497 e. The lowest BCUT2D eigenvalue weighted by Crippen LogP contribution is -2.49. The lowest BCUT2D eigenvalue weighted by molar-refractivity contribution is 0.381. The molecule has 17 heavy (non-hydrogen) atoms. The maximum atomic E-state index is 6.07. The van der Waals surface area contributed by atoms with E-state index in [2.05, 4.69) is 23.1 Å². The first kappa shape index (κ1) is 10.9. The van der Waals surface area contributed by atoms with Gasteiger partial charge in [0, 0.05) is 30.4 Å². The molecule has 3 heteroatoms. The summed E-state index contributed by atoms with van der Waals surface area (Å²) in [6.45, 7) is 1.09. The van der Waals surface area contributed by atoms with Crippen molar-refractivity contribution in [1.82, 2.24) is 0 Å². The number of benzene rings is 1. The second-order valence-electron chi connectivity index (χ2n) is 5.16. The highest BCUT2D eigenvalue weighted by Crippen LogP contribution is 2.37. The van der Waals surface area contributed by atoms with Gasteiger partial charge in [0.1, 0.15) is 5.75 Å². The van der Waals surface area contributed by atoms with Crippen LogP contribution < -0.4 is 15.4 Å². The van der Waals surface area contributed by atoms with Gasteiger partial charge in [-0.3, -0.25) is 0 Å². The summed E-state index contributed by atoms with van der Waals surface area (Å²) in [6.07, 6.45) is 4.66. The molecular formula is C14H20N2O. The fourth-order valence-electron chi connectivity index (χ4n) is 3.14. The van der Waals surface area contributed by atoms with E-state index < -0.39 is 0 Å². The minimum absolute atomic E-state index is 0.392.